The zero-order valence-corrected chi connectivity index (χ0v) is 11.0. The van der Waals surface area contributed by atoms with Gasteiger partial charge in [-0.2, -0.15) is 0 Å². The third-order valence-corrected chi connectivity index (χ3v) is 3.62. The second-order valence-electron chi connectivity index (χ2n) is 5.19. The number of rotatable bonds is 8. The first-order chi connectivity index (χ1) is 8.31. The Morgan fingerprint density at radius 1 is 1.41 bits per heavy atom. The largest absolute Gasteiger partial charge is 0.311 e. The van der Waals surface area contributed by atoms with Gasteiger partial charge in [0.25, 0.3) is 0 Å². The van der Waals surface area contributed by atoms with Crippen LogP contribution in [-0.4, -0.2) is 21.5 Å². The smallest absolute Gasteiger partial charge is 0.0964 e. The second kappa shape index (κ2) is 6.15. The minimum atomic E-state index is 0.726. The Kier molecular flexibility index (Phi) is 4.54. The van der Waals surface area contributed by atoms with Crippen molar-refractivity contribution in [1.82, 2.24) is 20.3 Å². The van der Waals surface area contributed by atoms with Crippen LogP contribution in [0.2, 0.25) is 0 Å². The van der Waals surface area contributed by atoms with E-state index in [1.807, 2.05) is 4.68 Å². The van der Waals surface area contributed by atoms with Gasteiger partial charge in [-0.3, -0.25) is 4.68 Å². The van der Waals surface area contributed by atoms with Crippen molar-refractivity contribution in [2.24, 2.45) is 11.8 Å². The predicted octanol–water partition coefficient (Wildman–Crippen LogP) is 2.21. The first-order valence-electron chi connectivity index (χ1n) is 6.91. The van der Waals surface area contributed by atoms with E-state index in [2.05, 4.69) is 35.7 Å². The number of nitrogens with zero attached hydrogens (tertiary/aromatic N) is 3. The minimum Gasteiger partial charge on any atom is -0.311 e. The lowest BCUT2D eigenvalue weighted by molar-refractivity contribution is 0.390. The van der Waals surface area contributed by atoms with Crippen molar-refractivity contribution >= 4 is 0 Å². The van der Waals surface area contributed by atoms with Gasteiger partial charge in [0.15, 0.2) is 0 Å². The summed E-state index contributed by atoms with van der Waals surface area (Å²) in [6.07, 6.45) is 7.30. The molecule has 2 rings (SSSR count). The van der Waals surface area contributed by atoms with Crippen molar-refractivity contribution in [3.05, 3.63) is 11.9 Å². The molecular formula is C13H24N4. The number of hydrogen-bond acceptors (Lipinski definition) is 3. The fourth-order valence-electron chi connectivity index (χ4n) is 2.05. The molecule has 0 saturated heterocycles. The fraction of sp³-hybridized carbons (Fsp3) is 0.846. The zero-order valence-electron chi connectivity index (χ0n) is 11.0. The molecule has 0 atom stereocenters. The van der Waals surface area contributed by atoms with E-state index >= 15 is 0 Å². The summed E-state index contributed by atoms with van der Waals surface area (Å²) in [4.78, 5) is 0. The molecule has 4 heteroatoms. The molecule has 1 fully saturated rings. The highest BCUT2D eigenvalue weighted by molar-refractivity contribution is 4.92. The van der Waals surface area contributed by atoms with Crippen molar-refractivity contribution in [2.75, 3.05) is 6.54 Å². The van der Waals surface area contributed by atoms with Crippen LogP contribution in [0.5, 0.6) is 0 Å². The molecule has 1 aliphatic carbocycles. The van der Waals surface area contributed by atoms with Gasteiger partial charge in [0.2, 0.25) is 0 Å². The maximum atomic E-state index is 4.21. The van der Waals surface area contributed by atoms with Crippen LogP contribution in [0.1, 0.15) is 45.2 Å². The SMILES string of the molecule is CCC(CC)Cn1cc(CNCC2CC2)nn1. The summed E-state index contributed by atoms with van der Waals surface area (Å²) in [5.41, 5.74) is 1.07. The summed E-state index contributed by atoms with van der Waals surface area (Å²) in [6.45, 7) is 7.48. The van der Waals surface area contributed by atoms with Crippen LogP contribution in [0, 0.1) is 11.8 Å². The van der Waals surface area contributed by atoms with Gasteiger partial charge in [-0.1, -0.05) is 31.9 Å². The highest BCUT2D eigenvalue weighted by Crippen LogP contribution is 2.27. The van der Waals surface area contributed by atoms with Crippen molar-refractivity contribution < 1.29 is 0 Å². The Morgan fingerprint density at radius 3 is 2.82 bits per heavy atom. The molecule has 0 radical (unpaired) electrons. The van der Waals surface area contributed by atoms with Gasteiger partial charge in [-0.05, 0) is 31.2 Å². The van der Waals surface area contributed by atoms with E-state index in [-0.39, 0.29) is 0 Å². The summed E-state index contributed by atoms with van der Waals surface area (Å²) in [5.74, 6) is 1.65. The molecule has 1 N–H and O–H groups in total. The molecule has 1 aliphatic rings. The maximum Gasteiger partial charge on any atom is 0.0964 e. The average Bonchev–Trinajstić information content (AvgIpc) is 3.06. The normalized spacial score (nSPS) is 15.7. The quantitative estimate of drug-likeness (QED) is 0.752. The third kappa shape index (κ3) is 4.11. The van der Waals surface area contributed by atoms with Crippen LogP contribution in [0.25, 0.3) is 0 Å². The van der Waals surface area contributed by atoms with Crippen LogP contribution in [-0.2, 0) is 13.1 Å². The molecule has 1 heterocycles. The van der Waals surface area contributed by atoms with Gasteiger partial charge in [0, 0.05) is 19.3 Å². The van der Waals surface area contributed by atoms with Crippen LogP contribution in [0.15, 0.2) is 6.20 Å². The van der Waals surface area contributed by atoms with E-state index in [1.165, 1.54) is 25.7 Å². The third-order valence-electron chi connectivity index (χ3n) is 3.62. The second-order valence-corrected chi connectivity index (χ2v) is 5.19. The molecule has 17 heavy (non-hydrogen) atoms. The fourth-order valence-corrected chi connectivity index (χ4v) is 2.05. The highest BCUT2D eigenvalue weighted by Gasteiger charge is 2.20. The molecule has 0 spiro atoms. The molecule has 4 nitrogen and oxygen atoms in total. The van der Waals surface area contributed by atoms with Gasteiger partial charge in [0.1, 0.15) is 0 Å². The summed E-state index contributed by atoms with van der Waals surface area (Å²) in [6, 6.07) is 0. The Labute approximate surface area is 104 Å². The Hall–Kier alpha value is -0.900. The first kappa shape index (κ1) is 12.6. The molecule has 0 bridgehead atoms. The Bertz CT molecular complexity index is 326. The topological polar surface area (TPSA) is 42.7 Å². The minimum absolute atomic E-state index is 0.726. The number of aromatic nitrogens is 3. The standard InChI is InChI=1S/C13H24N4/c1-3-11(4-2)9-17-10-13(15-16-17)8-14-7-12-5-6-12/h10-12,14H,3-9H2,1-2H3. The van der Waals surface area contributed by atoms with Gasteiger partial charge in [-0.25, -0.2) is 0 Å². The molecule has 0 aromatic carbocycles. The molecule has 1 aromatic rings. The zero-order chi connectivity index (χ0) is 12.1. The molecule has 96 valence electrons. The molecular weight excluding hydrogens is 212 g/mol. The van der Waals surface area contributed by atoms with E-state index in [0.717, 1.165) is 37.2 Å². The lowest BCUT2D eigenvalue weighted by Gasteiger charge is -2.10. The van der Waals surface area contributed by atoms with Crippen molar-refractivity contribution in [3.8, 4) is 0 Å². The Balaban J connectivity index is 1.73. The molecule has 1 saturated carbocycles. The maximum absolute atomic E-state index is 4.21. The van der Waals surface area contributed by atoms with Gasteiger partial charge < -0.3 is 5.32 Å². The lowest BCUT2D eigenvalue weighted by atomic mass is 10.0. The summed E-state index contributed by atoms with van der Waals surface area (Å²) in [7, 11) is 0. The van der Waals surface area contributed by atoms with Gasteiger partial charge in [0.05, 0.1) is 5.69 Å². The van der Waals surface area contributed by atoms with Crippen molar-refractivity contribution in [3.63, 3.8) is 0 Å². The summed E-state index contributed by atoms with van der Waals surface area (Å²) >= 11 is 0. The lowest BCUT2D eigenvalue weighted by Crippen LogP contribution is -2.16. The van der Waals surface area contributed by atoms with E-state index in [4.69, 9.17) is 0 Å². The number of hydrogen-bond donors (Lipinski definition) is 1. The van der Waals surface area contributed by atoms with Crippen LogP contribution in [0.3, 0.4) is 0 Å². The van der Waals surface area contributed by atoms with Crippen LogP contribution in [0.4, 0.5) is 0 Å². The molecule has 1 aromatic heterocycles. The summed E-state index contributed by atoms with van der Waals surface area (Å²) in [5, 5.41) is 11.8. The Morgan fingerprint density at radius 2 is 2.18 bits per heavy atom. The van der Waals surface area contributed by atoms with Crippen molar-refractivity contribution in [2.45, 2.75) is 52.6 Å². The van der Waals surface area contributed by atoms with Gasteiger partial charge >= 0.3 is 0 Å². The van der Waals surface area contributed by atoms with Crippen LogP contribution < -0.4 is 5.32 Å². The van der Waals surface area contributed by atoms with Crippen molar-refractivity contribution in [1.29, 1.82) is 0 Å². The van der Waals surface area contributed by atoms with E-state index < -0.39 is 0 Å². The molecule has 0 amide bonds. The number of nitrogens with one attached hydrogen (secondary N) is 1. The average molecular weight is 236 g/mol. The molecule has 0 unspecified atom stereocenters. The predicted molar refractivity (Wildman–Crippen MR) is 68.5 cm³/mol. The highest BCUT2D eigenvalue weighted by atomic mass is 15.4. The van der Waals surface area contributed by atoms with Gasteiger partial charge in [-0.15, -0.1) is 5.10 Å². The van der Waals surface area contributed by atoms with E-state index in [9.17, 15) is 0 Å². The van der Waals surface area contributed by atoms with E-state index in [1.54, 1.807) is 0 Å². The van der Waals surface area contributed by atoms with E-state index in [0.29, 0.717) is 0 Å². The summed E-state index contributed by atoms with van der Waals surface area (Å²) < 4.78 is 1.99. The monoisotopic (exact) mass is 236 g/mol. The molecule has 0 aliphatic heterocycles. The van der Waals surface area contributed by atoms with Crippen LogP contribution >= 0.6 is 0 Å². The first-order valence-corrected chi connectivity index (χ1v) is 6.91.